The third-order valence-corrected chi connectivity index (χ3v) is 11.6. The average Bonchev–Trinajstić information content (AvgIpc) is 3.38. The van der Waals surface area contributed by atoms with E-state index < -0.39 is 42.9 Å². The molecule has 0 unspecified atom stereocenters. The molecule has 1 aromatic heterocycles. The molecule has 3 saturated carbocycles. The third-order valence-electron chi connectivity index (χ3n) is 11.6. The average molecular weight is 491 g/mol. The van der Waals surface area contributed by atoms with Gasteiger partial charge in [0.1, 0.15) is 24.4 Å². The summed E-state index contributed by atoms with van der Waals surface area (Å²) in [5.41, 5.74) is 2.47. The normalized spacial score (nSPS) is 53.4. The number of aliphatic hydroxyl groups excluding tert-OH is 4. The SMILES string of the molecule is C[C@]12Cc3cn[nH]c3C[C@@H]1CC[C@@H]1[C@@H]2CC[C@@]2(C)[C@H]1CC[C@]2(C)O[C@H]1O[C@@H](CO)[C@H](O)[C@@H](O)[C@@H]1O. The molecule has 1 saturated heterocycles. The summed E-state index contributed by atoms with van der Waals surface area (Å²) in [6.45, 7) is 6.59. The molecule has 0 aromatic carbocycles. The van der Waals surface area contributed by atoms with Crippen LogP contribution in [0.1, 0.15) is 70.6 Å². The van der Waals surface area contributed by atoms with E-state index in [1.807, 2.05) is 6.20 Å². The molecule has 196 valence electrons. The van der Waals surface area contributed by atoms with E-state index in [1.54, 1.807) is 0 Å². The highest BCUT2D eigenvalue weighted by molar-refractivity contribution is 5.26. The van der Waals surface area contributed by atoms with Crippen LogP contribution < -0.4 is 0 Å². The number of ether oxygens (including phenoxy) is 2. The number of rotatable bonds is 3. The Morgan fingerprint density at radius 3 is 2.57 bits per heavy atom. The smallest absolute Gasteiger partial charge is 0.187 e. The van der Waals surface area contributed by atoms with Crippen molar-refractivity contribution in [2.75, 3.05) is 6.61 Å². The summed E-state index contributed by atoms with van der Waals surface area (Å²) in [5, 5.41) is 48.3. The van der Waals surface area contributed by atoms with Gasteiger partial charge in [0.15, 0.2) is 6.29 Å². The first kappa shape index (κ1) is 24.3. The van der Waals surface area contributed by atoms with Crippen molar-refractivity contribution in [1.82, 2.24) is 10.2 Å². The summed E-state index contributed by atoms with van der Waals surface area (Å²) in [7, 11) is 0. The van der Waals surface area contributed by atoms with Crippen molar-refractivity contribution in [3.8, 4) is 0 Å². The van der Waals surface area contributed by atoms with Crippen LogP contribution in [0.4, 0.5) is 0 Å². The maximum atomic E-state index is 10.6. The highest BCUT2D eigenvalue weighted by atomic mass is 16.7. The molecule has 8 nitrogen and oxygen atoms in total. The first-order valence-corrected chi connectivity index (χ1v) is 13.6. The van der Waals surface area contributed by atoms with E-state index in [0.717, 1.165) is 32.1 Å². The Morgan fingerprint density at radius 1 is 1.03 bits per heavy atom. The lowest BCUT2D eigenvalue weighted by molar-refractivity contribution is -0.338. The number of aliphatic hydroxyl groups is 4. The molecule has 1 aliphatic heterocycles. The van der Waals surface area contributed by atoms with Gasteiger partial charge >= 0.3 is 0 Å². The molecule has 8 heteroatoms. The van der Waals surface area contributed by atoms with E-state index in [2.05, 4.69) is 31.0 Å². The van der Waals surface area contributed by atoms with Crippen molar-refractivity contribution in [2.45, 2.75) is 108 Å². The Hall–Kier alpha value is -1.03. The Morgan fingerprint density at radius 2 is 1.80 bits per heavy atom. The van der Waals surface area contributed by atoms with E-state index in [0.29, 0.717) is 29.1 Å². The molecule has 0 spiro atoms. The minimum absolute atomic E-state index is 0.0639. The van der Waals surface area contributed by atoms with Crippen LogP contribution >= 0.6 is 0 Å². The summed E-state index contributed by atoms with van der Waals surface area (Å²) in [5.74, 6) is 2.60. The number of nitrogens with zero attached hydrogens (tertiary/aromatic N) is 1. The number of hydrogen-bond acceptors (Lipinski definition) is 7. The lowest BCUT2D eigenvalue weighted by atomic mass is 9.44. The van der Waals surface area contributed by atoms with Crippen molar-refractivity contribution < 1.29 is 29.9 Å². The quantitative estimate of drug-likeness (QED) is 0.438. The summed E-state index contributed by atoms with van der Waals surface area (Å²) < 4.78 is 12.3. The number of hydrogen-bond donors (Lipinski definition) is 5. The Bertz CT molecular complexity index is 954. The largest absolute Gasteiger partial charge is 0.394 e. The van der Waals surface area contributed by atoms with Crippen LogP contribution in [0.3, 0.4) is 0 Å². The van der Waals surface area contributed by atoms with Gasteiger partial charge in [0.05, 0.1) is 18.4 Å². The van der Waals surface area contributed by atoms with E-state index in [1.165, 1.54) is 30.5 Å². The van der Waals surface area contributed by atoms with Crippen LogP contribution in [0, 0.1) is 34.5 Å². The molecule has 35 heavy (non-hydrogen) atoms. The fourth-order valence-electron chi connectivity index (χ4n) is 9.31. The fraction of sp³-hybridized carbons (Fsp3) is 0.889. The number of aromatic nitrogens is 2. The van der Waals surface area contributed by atoms with Crippen molar-refractivity contribution in [2.24, 2.45) is 34.5 Å². The van der Waals surface area contributed by atoms with Gasteiger partial charge in [-0.3, -0.25) is 5.10 Å². The predicted octanol–water partition coefficient (Wildman–Crippen LogP) is 1.94. The van der Waals surface area contributed by atoms with Crippen LogP contribution in [0.5, 0.6) is 0 Å². The third kappa shape index (κ3) is 3.36. The van der Waals surface area contributed by atoms with Crippen molar-refractivity contribution in [1.29, 1.82) is 0 Å². The molecule has 0 bridgehead atoms. The van der Waals surface area contributed by atoms with Gasteiger partial charge < -0.3 is 29.9 Å². The molecule has 4 aliphatic carbocycles. The summed E-state index contributed by atoms with van der Waals surface area (Å²) >= 11 is 0. The van der Waals surface area contributed by atoms with E-state index in [9.17, 15) is 20.4 Å². The lowest BCUT2D eigenvalue weighted by Gasteiger charge is -2.61. The number of aromatic amines is 1. The van der Waals surface area contributed by atoms with Crippen LogP contribution in [-0.2, 0) is 22.3 Å². The second-order valence-corrected chi connectivity index (χ2v) is 13.0. The highest BCUT2D eigenvalue weighted by Gasteiger charge is 2.65. The second-order valence-electron chi connectivity index (χ2n) is 13.0. The van der Waals surface area contributed by atoms with Crippen molar-refractivity contribution in [3.05, 3.63) is 17.5 Å². The maximum absolute atomic E-state index is 10.6. The molecular weight excluding hydrogens is 448 g/mol. The molecule has 5 N–H and O–H groups in total. The molecular formula is C27H42N2O6. The highest BCUT2D eigenvalue weighted by Crippen LogP contribution is 2.68. The molecule has 4 fully saturated rings. The zero-order chi connectivity index (χ0) is 24.8. The topological polar surface area (TPSA) is 128 Å². The summed E-state index contributed by atoms with van der Waals surface area (Å²) in [6, 6.07) is 0. The van der Waals surface area contributed by atoms with Crippen LogP contribution in [-0.4, -0.2) is 73.5 Å². The molecule has 5 aliphatic rings. The maximum Gasteiger partial charge on any atom is 0.187 e. The van der Waals surface area contributed by atoms with Crippen molar-refractivity contribution >= 4 is 0 Å². The van der Waals surface area contributed by atoms with Gasteiger partial charge in [-0.2, -0.15) is 5.10 Å². The lowest BCUT2D eigenvalue weighted by Crippen LogP contribution is -2.62. The van der Waals surface area contributed by atoms with Gasteiger partial charge in [0.25, 0.3) is 0 Å². The van der Waals surface area contributed by atoms with Gasteiger partial charge in [-0.1, -0.05) is 13.8 Å². The monoisotopic (exact) mass is 490 g/mol. The first-order valence-electron chi connectivity index (χ1n) is 13.6. The number of fused-ring (bicyclic) bond motifs is 6. The molecule has 1 aromatic rings. The van der Waals surface area contributed by atoms with Gasteiger partial charge in [-0.25, -0.2) is 0 Å². The van der Waals surface area contributed by atoms with Gasteiger partial charge in [-0.05, 0) is 98.4 Å². The molecule has 12 atom stereocenters. The second kappa shape index (κ2) is 8.23. The Kier molecular flexibility index (Phi) is 5.72. The molecule has 2 heterocycles. The van der Waals surface area contributed by atoms with Crippen LogP contribution in [0.15, 0.2) is 6.20 Å². The fourth-order valence-corrected chi connectivity index (χ4v) is 9.31. The minimum atomic E-state index is -1.41. The minimum Gasteiger partial charge on any atom is -0.394 e. The molecule has 6 rings (SSSR count). The van der Waals surface area contributed by atoms with E-state index >= 15 is 0 Å². The molecule has 0 radical (unpaired) electrons. The van der Waals surface area contributed by atoms with Gasteiger partial charge in [-0.15, -0.1) is 0 Å². The zero-order valence-electron chi connectivity index (χ0n) is 21.2. The Labute approximate surface area is 207 Å². The first-order chi connectivity index (χ1) is 16.6. The number of H-pyrrole nitrogens is 1. The Balaban J connectivity index is 1.24. The number of nitrogens with one attached hydrogen (secondary N) is 1. The predicted molar refractivity (Wildman–Crippen MR) is 127 cm³/mol. The van der Waals surface area contributed by atoms with Gasteiger partial charge in [0.2, 0.25) is 0 Å². The van der Waals surface area contributed by atoms with E-state index in [4.69, 9.17) is 9.47 Å². The van der Waals surface area contributed by atoms with Crippen LogP contribution in [0.2, 0.25) is 0 Å². The van der Waals surface area contributed by atoms with Crippen LogP contribution in [0.25, 0.3) is 0 Å². The standard InChI is InChI=1S/C27H42N2O6/c1-25-11-14-12-28-29-19(14)10-15(25)4-5-16-17(25)6-8-26(2)18(16)7-9-27(26,3)35-24-23(33)22(32)21(31)20(13-30)34-24/h12,15-18,20-24,30-33H,4-11,13H2,1-3H3,(H,28,29)/t15-,16+,17-,18-,20-,21-,22+,23-,24+,25-,26-,27-/m0/s1. The zero-order valence-corrected chi connectivity index (χ0v) is 21.2. The van der Waals surface area contributed by atoms with Gasteiger partial charge in [0, 0.05) is 5.69 Å². The van der Waals surface area contributed by atoms with E-state index in [-0.39, 0.29) is 5.41 Å². The summed E-state index contributed by atoms with van der Waals surface area (Å²) in [6.07, 6.45) is 4.82. The van der Waals surface area contributed by atoms with Crippen molar-refractivity contribution in [3.63, 3.8) is 0 Å². The summed E-state index contributed by atoms with van der Waals surface area (Å²) in [4.78, 5) is 0. The molecule has 0 amide bonds.